The SMILES string of the molecule is CN(C)c1cccc(C2(CCN)CCC2)c1. The molecule has 1 aromatic rings. The highest BCUT2D eigenvalue weighted by Crippen LogP contribution is 2.46. The number of anilines is 1. The summed E-state index contributed by atoms with van der Waals surface area (Å²) in [5.74, 6) is 0. The first-order chi connectivity index (χ1) is 7.68. The molecule has 0 radical (unpaired) electrons. The Morgan fingerprint density at radius 1 is 1.31 bits per heavy atom. The van der Waals surface area contributed by atoms with Crippen LogP contribution in [-0.2, 0) is 5.41 Å². The summed E-state index contributed by atoms with van der Waals surface area (Å²) >= 11 is 0. The van der Waals surface area contributed by atoms with E-state index in [-0.39, 0.29) is 0 Å². The number of hydrogen-bond acceptors (Lipinski definition) is 2. The first kappa shape index (κ1) is 11.5. The maximum atomic E-state index is 5.75. The second kappa shape index (κ2) is 4.46. The number of hydrogen-bond donors (Lipinski definition) is 1. The Hall–Kier alpha value is -1.02. The molecule has 0 heterocycles. The van der Waals surface area contributed by atoms with Crippen LogP contribution in [0.4, 0.5) is 5.69 Å². The molecule has 1 aromatic carbocycles. The standard InChI is InChI=1S/C14H22N2/c1-16(2)13-6-3-5-12(11-13)14(9-10-15)7-4-8-14/h3,5-6,11H,4,7-10,15H2,1-2H3. The van der Waals surface area contributed by atoms with Crippen molar-refractivity contribution in [3.63, 3.8) is 0 Å². The third-order valence-electron chi connectivity index (χ3n) is 3.91. The quantitative estimate of drug-likeness (QED) is 0.841. The zero-order chi connectivity index (χ0) is 11.6. The van der Waals surface area contributed by atoms with Crippen molar-refractivity contribution in [3.05, 3.63) is 29.8 Å². The van der Waals surface area contributed by atoms with E-state index in [0.717, 1.165) is 13.0 Å². The lowest BCUT2D eigenvalue weighted by Gasteiger charge is -2.43. The van der Waals surface area contributed by atoms with Crippen molar-refractivity contribution in [2.24, 2.45) is 5.73 Å². The molecule has 2 nitrogen and oxygen atoms in total. The molecule has 0 atom stereocenters. The Balaban J connectivity index is 2.28. The maximum Gasteiger partial charge on any atom is 0.0363 e. The minimum absolute atomic E-state index is 0.390. The highest BCUT2D eigenvalue weighted by molar-refractivity contribution is 5.49. The van der Waals surface area contributed by atoms with E-state index in [9.17, 15) is 0 Å². The molecule has 0 aliphatic heterocycles. The van der Waals surface area contributed by atoms with Crippen molar-refractivity contribution in [2.75, 3.05) is 25.5 Å². The van der Waals surface area contributed by atoms with E-state index < -0.39 is 0 Å². The fourth-order valence-corrected chi connectivity index (χ4v) is 2.68. The van der Waals surface area contributed by atoms with Gasteiger partial charge in [0.2, 0.25) is 0 Å². The lowest BCUT2D eigenvalue weighted by Crippen LogP contribution is -2.36. The minimum Gasteiger partial charge on any atom is -0.378 e. The van der Waals surface area contributed by atoms with E-state index in [0.29, 0.717) is 5.41 Å². The molecule has 16 heavy (non-hydrogen) atoms. The zero-order valence-corrected chi connectivity index (χ0v) is 10.4. The van der Waals surface area contributed by atoms with Crippen LogP contribution >= 0.6 is 0 Å². The molecule has 88 valence electrons. The number of nitrogens with two attached hydrogens (primary N) is 1. The van der Waals surface area contributed by atoms with Crippen LogP contribution in [0, 0.1) is 0 Å². The topological polar surface area (TPSA) is 29.3 Å². The fourth-order valence-electron chi connectivity index (χ4n) is 2.68. The lowest BCUT2D eigenvalue weighted by atomic mass is 9.62. The summed E-state index contributed by atoms with van der Waals surface area (Å²) in [5, 5.41) is 0. The average molecular weight is 218 g/mol. The van der Waals surface area contributed by atoms with Crippen molar-refractivity contribution in [2.45, 2.75) is 31.1 Å². The van der Waals surface area contributed by atoms with E-state index in [1.54, 1.807) is 0 Å². The van der Waals surface area contributed by atoms with Crippen LogP contribution in [-0.4, -0.2) is 20.6 Å². The van der Waals surface area contributed by atoms with Gasteiger partial charge in [-0.25, -0.2) is 0 Å². The Kier molecular flexibility index (Phi) is 3.20. The Bertz CT molecular complexity index is 354. The van der Waals surface area contributed by atoms with Crippen molar-refractivity contribution in [1.82, 2.24) is 0 Å². The van der Waals surface area contributed by atoms with Crippen molar-refractivity contribution in [3.8, 4) is 0 Å². The van der Waals surface area contributed by atoms with Gasteiger partial charge >= 0.3 is 0 Å². The molecule has 2 heteroatoms. The molecule has 2 N–H and O–H groups in total. The van der Waals surface area contributed by atoms with E-state index in [4.69, 9.17) is 5.73 Å². The van der Waals surface area contributed by atoms with Gasteiger partial charge in [-0.1, -0.05) is 18.6 Å². The summed E-state index contributed by atoms with van der Waals surface area (Å²) < 4.78 is 0. The van der Waals surface area contributed by atoms with E-state index in [1.807, 2.05) is 0 Å². The van der Waals surface area contributed by atoms with E-state index >= 15 is 0 Å². The van der Waals surface area contributed by atoms with Gasteiger partial charge < -0.3 is 10.6 Å². The number of nitrogens with zero attached hydrogens (tertiary/aromatic N) is 1. The second-order valence-electron chi connectivity index (χ2n) is 5.12. The third-order valence-corrected chi connectivity index (χ3v) is 3.91. The van der Waals surface area contributed by atoms with Gasteiger partial charge in [-0.15, -0.1) is 0 Å². The van der Waals surface area contributed by atoms with Crippen LogP contribution in [0.25, 0.3) is 0 Å². The third kappa shape index (κ3) is 1.94. The molecule has 0 aromatic heterocycles. The molecular formula is C14H22N2. The summed E-state index contributed by atoms with van der Waals surface area (Å²) in [4.78, 5) is 2.16. The summed E-state index contributed by atoms with van der Waals surface area (Å²) in [6, 6.07) is 8.93. The normalized spacial score (nSPS) is 17.9. The molecule has 2 rings (SSSR count). The molecule has 1 saturated carbocycles. The second-order valence-corrected chi connectivity index (χ2v) is 5.12. The van der Waals surface area contributed by atoms with Crippen LogP contribution < -0.4 is 10.6 Å². The Morgan fingerprint density at radius 3 is 2.56 bits per heavy atom. The molecule has 1 aliphatic rings. The van der Waals surface area contributed by atoms with Gasteiger partial charge in [-0.2, -0.15) is 0 Å². The van der Waals surface area contributed by atoms with Crippen LogP contribution in [0.5, 0.6) is 0 Å². The van der Waals surface area contributed by atoms with Gasteiger partial charge in [0.15, 0.2) is 0 Å². The summed E-state index contributed by atoms with van der Waals surface area (Å²) in [6.07, 6.45) is 5.10. The Labute approximate surface area is 98.4 Å². The van der Waals surface area contributed by atoms with Crippen molar-refractivity contribution >= 4 is 5.69 Å². The Morgan fingerprint density at radius 2 is 2.06 bits per heavy atom. The fraction of sp³-hybridized carbons (Fsp3) is 0.571. The lowest BCUT2D eigenvalue weighted by molar-refractivity contribution is 0.229. The number of rotatable bonds is 4. The average Bonchev–Trinajstić information content (AvgIpc) is 2.23. The maximum absolute atomic E-state index is 5.75. The van der Waals surface area contributed by atoms with Crippen LogP contribution in [0.15, 0.2) is 24.3 Å². The molecule has 0 spiro atoms. The van der Waals surface area contributed by atoms with Gasteiger partial charge in [-0.05, 0) is 48.9 Å². The van der Waals surface area contributed by atoms with Crippen LogP contribution in [0.2, 0.25) is 0 Å². The highest BCUT2D eigenvalue weighted by Gasteiger charge is 2.37. The zero-order valence-electron chi connectivity index (χ0n) is 10.4. The first-order valence-corrected chi connectivity index (χ1v) is 6.16. The van der Waals surface area contributed by atoms with Gasteiger partial charge in [0.25, 0.3) is 0 Å². The van der Waals surface area contributed by atoms with Gasteiger partial charge in [0.1, 0.15) is 0 Å². The highest BCUT2D eigenvalue weighted by atomic mass is 15.1. The van der Waals surface area contributed by atoms with Gasteiger partial charge in [0.05, 0.1) is 0 Å². The number of benzene rings is 1. The molecule has 0 saturated heterocycles. The monoisotopic (exact) mass is 218 g/mol. The van der Waals surface area contributed by atoms with Crippen molar-refractivity contribution in [1.29, 1.82) is 0 Å². The predicted octanol–water partition coefficient (Wildman–Crippen LogP) is 2.52. The van der Waals surface area contributed by atoms with E-state index in [1.165, 1.54) is 30.5 Å². The molecule has 1 fully saturated rings. The molecule has 0 bridgehead atoms. The summed E-state index contributed by atoms with van der Waals surface area (Å²) in [7, 11) is 4.19. The molecule has 1 aliphatic carbocycles. The largest absolute Gasteiger partial charge is 0.378 e. The summed E-state index contributed by atoms with van der Waals surface area (Å²) in [5.41, 5.74) is 8.91. The van der Waals surface area contributed by atoms with Gasteiger partial charge in [-0.3, -0.25) is 0 Å². The first-order valence-electron chi connectivity index (χ1n) is 6.16. The van der Waals surface area contributed by atoms with Crippen molar-refractivity contribution < 1.29 is 0 Å². The van der Waals surface area contributed by atoms with E-state index in [2.05, 4.69) is 43.3 Å². The van der Waals surface area contributed by atoms with Crippen LogP contribution in [0.3, 0.4) is 0 Å². The summed E-state index contributed by atoms with van der Waals surface area (Å²) in [6.45, 7) is 0.798. The van der Waals surface area contributed by atoms with Crippen LogP contribution in [0.1, 0.15) is 31.2 Å². The van der Waals surface area contributed by atoms with Gasteiger partial charge in [0, 0.05) is 19.8 Å². The molecular weight excluding hydrogens is 196 g/mol. The smallest absolute Gasteiger partial charge is 0.0363 e. The molecule has 0 unspecified atom stereocenters. The molecule has 0 amide bonds. The minimum atomic E-state index is 0.390. The predicted molar refractivity (Wildman–Crippen MR) is 70.0 cm³/mol.